The van der Waals surface area contributed by atoms with E-state index in [4.69, 9.17) is 4.74 Å². The highest BCUT2D eigenvalue weighted by Crippen LogP contribution is 2.13. The molecule has 3 N–H and O–H groups in total. The zero-order chi connectivity index (χ0) is 18.8. The molecule has 0 heterocycles. The smallest absolute Gasteiger partial charge is 0.0873 e. The van der Waals surface area contributed by atoms with Gasteiger partial charge in [-0.15, -0.1) is 0 Å². The Morgan fingerprint density at radius 1 is 0.500 bits per heavy atom. The Labute approximate surface area is 167 Å². The monoisotopic (exact) mass is 371 g/mol. The number of hydrogen-bond acceptors (Lipinski definition) is 2. The van der Waals surface area contributed by atoms with Crippen molar-refractivity contribution in [1.29, 1.82) is 0 Å². The lowest BCUT2D eigenvalue weighted by molar-refractivity contribution is 0.241. The average Bonchev–Trinajstić information content (AvgIpc) is 2.64. The minimum absolute atomic E-state index is 0. The van der Waals surface area contributed by atoms with Gasteiger partial charge < -0.3 is 10.9 Å². The summed E-state index contributed by atoms with van der Waals surface area (Å²) < 4.78 is 5.12. The molecule has 0 bridgehead atoms. The molecule has 0 saturated carbocycles. The van der Waals surface area contributed by atoms with Crippen LogP contribution in [0.15, 0.2) is 12.8 Å². The third-order valence-electron chi connectivity index (χ3n) is 4.73. The first kappa shape index (κ1) is 30.2. The van der Waals surface area contributed by atoms with Crippen LogP contribution in [0.5, 0.6) is 0 Å². The van der Waals surface area contributed by atoms with E-state index in [1.54, 1.807) is 6.26 Å². The molecular weight excluding hydrogens is 318 g/mol. The van der Waals surface area contributed by atoms with Gasteiger partial charge in [0.1, 0.15) is 0 Å². The molecule has 0 spiro atoms. The topological polar surface area (TPSA) is 44.2 Å². The maximum absolute atomic E-state index is 5.12. The van der Waals surface area contributed by atoms with Crippen molar-refractivity contribution >= 4 is 0 Å². The average molecular weight is 372 g/mol. The van der Waals surface area contributed by atoms with E-state index in [1.807, 2.05) is 0 Å². The van der Waals surface area contributed by atoms with Gasteiger partial charge in [-0.3, -0.25) is 0 Å². The summed E-state index contributed by atoms with van der Waals surface area (Å²) in [7, 11) is 0. The van der Waals surface area contributed by atoms with Crippen molar-refractivity contribution in [3.8, 4) is 0 Å². The Balaban J connectivity index is -0.000000951. The van der Waals surface area contributed by atoms with Gasteiger partial charge in [0.15, 0.2) is 0 Å². The van der Waals surface area contributed by atoms with Gasteiger partial charge in [-0.25, -0.2) is 0 Å². The first-order chi connectivity index (χ1) is 12.3. The van der Waals surface area contributed by atoms with E-state index >= 15 is 0 Å². The summed E-state index contributed by atoms with van der Waals surface area (Å²) in [5.41, 5.74) is 0. The molecule has 0 rings (SSSR count). The summed E-state index contributed by atoms with van der Waals surface area (Å²) in [4.78, 5) is 0. The molecule has 0 aromatic rings. The van der Waals surface area contributed by atoms with Crippen molar-refractivity contribution in [3.05, 3.63) is 12.8 Å². The fraction of sp³-hybridized carbons (Fsp3) is 0.917. The molecule has 0 saturated heterocycles. The summed E-state index contributed by atoms with van der Waals surface area (Å²) >= 11 is 0. The lowest BCUT2D eigenvalue weighted by atomic mass is 10.0. The number of unbranched alkanes of at least 4 members (excludes halogenated alkanes) is 16. The van der Waals surface area contributed by atoms with Crippen LogP contribution in [-0.2, 0) is 4.74 Å². The highest BCUT2D eigenvalue weighted by Gasteiger charge is 1.94. The van der Waals surface area contributed by atoms with E-state index in [0.29, 0.717) is 0 Å². The van der Waals surface area contributed by atoms with Gasteiger partial charge >= 0.3 is 0 Å². The van der Waals surface area contributed by atoms with E-state index in [1.165, 1.54) is 116 Å². The lowest BCUT2D eigenvalue weighted by Crippen LogP contribution is -1.87. The number of ether oxygens (including phenoxy) is 1. The maximum atomic E-state index is 5.12. The Morgan fingerprint density at radius 3 is 1.08 bits per heavy atom. The predicted octanol–water partition coefficient (Wildman–Crippen LogP) is 9.38. The minimum atomic E-state index is 0. The van der Waals surface area contributed by atoms with Crippen LogP contribution in [-0.4, -0.2) is 6.61 Å². The molecule has 0 radical (unpaired) electrons. The Hall–Kier alpha value is -0.500. The van der Waals surface area contributed by atoms with Gasteiger partial charge in [-0.2, -0.15) is 0 Å². The van der Waals surface area contributed by atoms with Crippen molar-refractivity contribution in [2.24, 2.45) is 0 Å². The van der Waals surface area contributed by atoms with E-state index in [2.05, 4.69) is 27.4 Å². The summed E-state index contributed by atoms with van der Waals surface area (Å²) in [5, 5.41) is 0. The molecule has 160 valence electrons. The largest absolute Gasteiger partial charge is 0.502 e. The minimum Gasteiger partial charge on any atom is -0.502 e. The quantitative estimate of drug-likeness (QED) is 0.181. The third kappa shape index (κ3) is 34.8. The van der Waals surface area contributed by atoms with Crippen LogP contribution in [0.25, 0.3) is 0 Å². The fourth-order valence-corrected chi connectivity index (χ4v) is 2.82. The normalized spacial score (nSPS) is 9.81. The van der Waals surface area contributed by atoms with E-state index in [9.17, 15) is 0 Å². The Kier molecular flexibility index (Phi) is 37.4. The highest BCUT2D eigenvalue weighted by atomic mass is 16.5. The highest BCUT2D eigenvalue weighted by molar-refractivity contribution is 4.51. The van der Waals surface area contributed by atoms with Crippen LogP contribution >= 0.6 is 0 Å². The van der Waals surface area contributed by atoms with Gasteiger partial charge in [-0.1, -0.05) is 137 Å². The SMILES string of the molecule is C=COCCCCCCCCCCCCCCCCCC.CCCC.N. The fourth-order valence-electron chi connectivity index (χ4n) is 2.82. The standard InChI is InChI=1S/C20H40O.C4H10.H3N/c1-3-5-6-7-8-9-10-11-12-13-14-15-16-17-18-19-20-21-4-2;1-3-4-2;/h4H,2-3,5-20H2,1H3;3-4H2,1-2H3;1H3. The van der Waals surface area contributed by atoms with Gasteiger partial charge in [0.2, 0.25) is 0 Å². The summed E-state index contributed by atoms with van der Waals surface area (Å²) in [5.74, 6) is 0. The molecule has 0 aliphatic heterocycles. The van der Waals surface area contributed by atoms with Crippen LogP contribution in [0.3, 0.4) is 0 Å². The summed E-state index contributed by atoms with van der Waals surface area (Å²) in [6.07, 6.45) is 26.8. The first-order valence-electron chi connectivity index (χ1n) is 11.6. The molecule has 2 nitrogen and oxygen atoms in total. The maximum Gasteiger partial charge on any atom is 0.0873 e. The summed E-state index contributed by atoms with van der Waals surface area (Å²) in [6, 6.07) is 0. The third-order valence-corrected chi connectivity index (χ3v) is 4.73. The molecule has 0 amide bonds. The zero-order valence-electron chi connectivity index (χ0n) is 18.8. The van der Waals surface area contributed by atoms with Crippen molar-refractivity contribution in [3.63, 3.8) is 0 Å². The van der Waals surface area contributed by atoms with E-state index < -0.39 is 0 Å². The van der Waals surface area contributed by atoms with Gasteiger partial charge in [0, 0.05) is 0 Å². The van der Waals surface area contributed by atoms with Crippen LogP contribution in [0.2, 0.25) is 0 Å². The van der Waals surface area contributed by atoms with Crippen molar-refractivity contribution < 1.29 is 4.74 Å². The molecule has 0 aliphatic carbocycles. The predicted molar refractivity (Wildman–Crippen MR) is 121 cm³/mol. The number of rotatable bonds is 19. The lowest BCUT2D eigenvalue weighted by Gasteiger charge is -2.03. The van der Waals surface area contributed by atoms with Crippen molar-refractivity contribution in [2.75, 3.05) is 6.61 Å². The van der Waals surface area contributed by atoms with Gasteiger partial charge in [-0.05, 0) is 6.42 Å². The molecule has 0 aromatic carbocycles. The molecule has 0 fully saturated rings. The first-order valence-corrected chi connectivity index (χ1v) is 11.6. The molecule has 0 aliphatic rings. The molecule has 0 unspecified atom stereocenters. The Morgan fingerprint density at radius 2 is 0.808 bits per heavy atom. The van der Waals surface area contributed by atoms with Gasteiger partial charge in [0.05, 0.1) is 12.9 Å². The van der Waals surface area contributed by atoms with Crippen molar-refractivity contribution in [2.45, 2.75) is 136 Å². The van der Waals surface area contributed by atoms with E-state index in [-0.39, 0.29) is 6.15 Å². The van der Waals surface area contributed by atoms with Crippen LogP contribution in [0.1, 0.15) is 136 Å². The van der Waals surface area contributed by atoms with Gasteiger partial charge in [0.25, 0.3) is 0 Å². The molecule has 2 heteroatoms. The molecule has 26 heavy (non-hydrogen) atoms. The molecule has 0 atom stereocenters. The second kappa shape index (κ2) is 32.2. The van der Waals surface area contributed by atoms with Crippen LogP contribution < -0.4 is 6.15 Å². The van der Waals surface area contributed by atoms with Crippen molar-refractivity contribution in [1.82, 2.24) is 6.15 Å². The Bertz CT molecular complexity index is 216. The second-order valence-corrected chi connectivity index (χ2v) is 7.34. The number of hydrogen-bond donors (Lipinski definition) is 1. The molecule has 0 aromatic heterocycles. The second-order valence-electron chi connectivity index (χ2n) is 7.34. The van der Waals surface area contributed by atoms with E-state index in [0.717, 1.165) is 6.61 Å². The van der Waals surface area contributed by atoms with Crippen LogP contribution in [0.4, 0.5) is 0 Å². The van der Waals surface area contributed by atoms with Crippen LogP contribution in [0, 0.1) is 0 Å². The zero-order valence-corrected chi connectivity index (χ0v) is 18.8. The molecular formula is C24H53NO. The summed E-state index contributed by atoms with van der Waals surface area (Å²) in [6.45, 7) is 11.0.